The molecule has 1 aromatic heterocycles. The zero-order valence-electron chi connectivity index (χ0n) is 13.3. The van der Waals surface area contributed by atoms with Gasteiger partial charge in [-0.25, -0.2) is 9.78 Å². The fraction of sp³-hybridized carbons (Fsp3) is 0.533. The van der Waals surface area contributed by atoms with Gasteiger partial charge in [0.15, 0.2) is 0 Å². The molecule has 0 unspecified atom stereocenters. The maximum Gasteiger partial charge on any atom is 0.319 e. The van der Waals surface area contributed by atoms with Crippen molar-refractivity contribution in [1.29, 1.82) is 0 Å². The Kier molecular flexibility index (Phi) is 5.19. The van der Waals surface area contributed by atoms with Crippen molar-refractivity contribution in [3.8, 4) is 0 Å². The van der Waals surface area contributed by atoms with Crippen LogP contribution in [0.3, 0.4) is 0 Å². The smallest absolute Gasteiger partial charge is 0.319 e. The monoisotopic (exact) mass is 305 g/mol. The second-order valence-corrected chi connectivity index (χ2v) is 5.65. The number of pyridine rings is 1. The molecule has 0 radical (unpaired) electrons. The molecule has 2 N–H and O–H groups in total. The molecule has 1 fully saturated rings. The number of hydrogen-bond acceptors (Lipinski definition) is 4. The number of nitrogens with zero attached hydrogens (tertiary/aromatic N) is 3. The minimum atomic E-state index is -0.236. The van der Waals surface area contributed by atoms with Crippen LogP contribution in [0.25, 0.3) is 0 Å². The van der Waals surface area contributed by atoms with Gasteiger partial charge in [-0.3, -0.25) is 4.79 Å². The number of nitrogens with one attached hydrogen (secondary N) is 2. The van der Waals surface area contributed by atoms with Gasteiger partial charge in [-0.05, 0) is 26.0 Å². The fourth-order valence-corrected chi connectivity index (χ4v) is 2.33. The van der Waals surface area contributed by atoms with Gasteiger partial charge in [0.2, 0.25) is 5.91 Å². The van der Waals surface area contributed by atoms with E-state index >= 15 is 0 Å². The lowest BCUT2D eigenvalue weighted by molar-refractivity contribution is -0.129. The minimum Gasteiger partial charge on any atom is -0.353 e. The number of urea groups is 1. The summed E-state index contributed by atoms with van der Waals surface area (Å²) in [6.07, 6.45) is 1.65. The summed E-state index contributed by atoms with van der Waals surface area (Å²) in [5, 5.41) is 5.50. The lowest BCUT2D eigenvalue weighted by atomic mass is 10.3. The summed E-state index contributed by atoms with van der Waals surface area (Å²) in [5.74, 6) is 0.973. The number of carbonyl (C=O) groups is 2. The Balaban J connectivity index is 1.90. The van der Waals surface area contributed by atoms with Crippen molar-refractivity contribution >= 4 is 23.4 Å². The van der Waals surface area contributed by atoms with Crippen molar-refractivity contribution < 1.29 is 9.59 Å². The van der Waals surface area contributed by atoms with E-state index in [9.17, 15) is 9.59 Å². The van der Waals surface area contributed by atoms with Crippen LogP contribution in [0.2, 0.25) is 0 Å². The van der Waals surface area contributed by atoms with Crippen molar-refractivity contribution in [3.63, 3.8) is 0 Å². The number of amides is 3. The molecule has 0 aliphatic carbocycles. The van der Waals surface area contributed by atoms with Gasteiger partial charge >= 0.3 is 6.03 Å². The van der Waals surface area contributed by atoms with E-state index in [0.29, 0.717) is 18.8 Å². The average Bonchev–Trinajstić information content (AvgIpc) is 2.47. The molecule has 0 saturated carbocycles. The summed E-state index contributed by atoms with van der Waals surface area (Å²) in [5.41, 5.74) is 0.657. The third-order valence-corrected chi connectivity index (χ3v) is 3.47. The third kappa shape index (κ3) is 4.34. The summed E-state index contributed by atoms with van der Waals surface area (Å²) in [6, 6.07) is 3.57. The largest absolute Gasteiger partial charge is 0.353 e. The molecule has 0 atom stereocenters. The molecule has 2 heterocycles. The Morgan fingerprint density at radius 2 is 1.86 bits per heavy atom. The Hall–Kier alpha value is -2.31. The molecule has 0 spiro atoms. The van der Waals surface area contributed by atoms with Crippen molar-refractivity contribution in [1.82, 2.24) is 15.2 Å². The van der Waals surface area contributed by atoms with Gasteiger partial charge in [-0.1, -0.05) is 0 Å². The molecule has 1 aromatic rings. The standard InChI is InChI=1S/C15H23N5O2/c1-11(2)17-15(22)18-13-4-5-14(16-10-13)20-8-6-19(7-9-20)12(3)21/h4-5,10-11H,6-9H2,1-3H3,(H2,17,18,22). The van der Waals surface area contributed by atoms with E-state index in [2.05, 4.69) is 20.5 Å². The first-order chi connectivity index (χ1) is 10.5. The SMILES string of the molecule is CC(=O)N1CCN(c2ccc(NC(=O)NC(C)C)cn2)CC1. The van der Waals surface area contributed by atoms with Gasteiger partial charge < -0.3 is 20.4 Å². The van der Waals surface area contributed by atoms with E-state index < -0.39 is 0 Å². The van der Waals surface area contributed by atoms with Crippen molar-refractivity contribution in [3.05, 3.63) is 18.3 Å². The van der Waals surface area contributed by atoms with Crippen LogP contribution in [-0.4, -0.2) is 54.0 Å². The van der Waals surface area contributed by atoms with Crippen LogP contribution in [-0.2, 0) is 4.79 Å². The quantitative estimate of drug-likeness (QED) is 0.882. The molecule has 120 valence electrons. The zero-order chi connectivity index (χ0) is 16.1. The van der Waals surface area contributed by atoms with Crippen molar-refractivity contribution in [2.24, 2.45) is 0 Å². The van der Waals surface area contributed by atoms with Gasteiger partial charge in [0.25, 0.3) is 0 Å². The Morgan fingerprint density at radius 1 is 1.18 bits per heavy atom. The number of rotatable bonds is 3. The number of hydrogen-bond donors (Lipinski definition) is 2. The average molecular weight is 305 g/mol. The van der Waals surface area contributed by atoms with Gasteiger partial charge in [0.1, 0.15) is 5.82 Å². The van der Waals surface area contributed by atoms with E-state index in [1.54, 1.807) is 13.1 Å². The van der Waals surface area contributed by atoms with Crippen molar-refractivity contribution in [2.45, 2.75) is 26.8 Å². The molecule has 3 amide bonds. The number of piperazine rings is 1. The molecule has 1 aliphatic heterocycles. The molecule has 2 rings (SSSR count). The predicted octanol–water partition coefficient (Wildman–Crippen LogP) is 1.28. The van der Waals surface area contributed by atoms with Crippen LogP contribution in [0, 0.1) is 0 Å². The summed E-state index contributed by atoms with van der Waals surface area (Å²) in [4.78, 5) is 31.3. The lowest BCUT2D eigenvalue weighted by Crippen LogP contribution is -2.48. The molecule has 22 heavy (non-hydrogen) atoms. The van der Waals surface area contributed by atoms with Crippen LogP contribution in [0.15, 0.2) is 18.3 Å². The zero-order valence-corrected chi connectivity index (χ0v) is 13.3. The fourth-order valence-electron chi connectivity index (χ4n) is 2.33. The summed E-state index contributed by atoms with van der Waals surface area (Å²) >= 11 is 0. The van der Waals surface area contributed by atoms with E-state index in [4.69, 9.17) is 0 Å². The van der Waals surface area contributed by atoms with Crippen LogP contribution >= 0.6 is 0 Å². The summed E-state index contributed by atoms with van der Waals surface area (Å²) in [6.45, 7) is 8.38. The molecule has 0 bridgehead atoms. The number of aromatic nitrogens is 1. The van der Waals surface area contributed by atoms with Crippen LogP contribution in [0.4, 0.5) is 16.3 Å². The molecular formula is C15H23N5O2. The van der Waals surface area contributed by atoms with Crippen LogP contribution < -0.4 is 15.5 Å². The lowest BCUT2D eigenvalue weighted by Gasteiger charge is -2.34. The van der Waals surface area contributed by atoms with Gasteiger partial charge in [0, 0.05) is 39.1 Å². The maximum atomic E-state index is 11.6. The molecule has 1 aliphatic rings. The number of anilines is 2. The normalized spacial score (nSPS) is 14.9. The van der Waals surface area contributed by atoms with E-state index in [1.165, 1.54) is 0 Å². The predicted molar refractivity (Wildman–Crippen MR) is 86.0 cm³/mol. The Morgan fingerprint density at radius 3 is 2.36 bits per heavy atom. The van der Waals surface area contributed by atoms with Gasteiger partial charge in [-0.2, -0.15) is 0 Å². The van der Waals surface area contributed by atoms with Gasteiger partial charge in [0.05, 0.1) is 11.9 Å². The summed E-state index contributed by atoms with van der Waals surface area (Å²) < 4.78 is 0. The summed E-state index contributed by atoms with van der Waals surface area (Å²) in [7, 11) is 0. The van der Waals surface area contributed by atoms with Crippen LogP contribution in [0.5, 0.6) is 0 Å². The molecule has 0 aromatic carbocycles. The van der Waals surface area contributed by atoms with E-state index in [0.717, 1.165) is 18.9 Å². The highest BCUT2D eigenvalue weighted by Gasteiger charge is 2.19. The van der Waals surface area contributed by atoms with Gasteiger partial charge in [-0.15, -0.1) is 0 Å². The first-order valence-corrected chi connectivity index (χ1v) is 7.49. The van der Waals surface area contributed by atoms with E-state index in [1.807, 2.05) is 30.9 Å². The Labute approximate surface area is 130 Å². The molecule has 7 nitrogen and oxygen atoms in total. The van der Waals surface area contributed by atoms with E-state index in [-0.39, 0.29) is 18.0 Å². The minimum absolute atomic E-state index is 0.0878. The first-order valence-electron chi connectivity index (χ1n) is 7.49. The molecule has 7 heteroatoms. The van der Waals surface area contributed by atoms with Crippen LogP contribution in [0.1, 0.15) is 20.8 Å². The maximum absolute atomic E-state index is 11.6. The molecular weight excluding hydrogens is 282 g/mol. The second-order valence-electron chi connectivity index (χ2n) is 5.65. The molecule has 1 saturated heterocycles. The van der Waals surface area contributed by atoms with Crippen molar-refractivity contribution in [2.75, 3.05) is 36.4 Å². The third-order valence-electron chi connectivity index (χ3n) is 3.47. The highest BCUT2D eigenvalue weighted by atomic mass is 16.2. The topological polar surface area (TPSA) is 77.6 Å². The Bertz CT molecular complexity index is 521. The highest BCUT2D eigenvalue weighted by molar-refractivity contribution is 5.89. The second kappa shape index (κ2) is 7.11. The highest BCUT2D eigenvalue weighted by Crippen LogP contribution is 2.16. The number of carbonyl (C=O) groups excluding carboxylic acids is 2. The first kappa shape index (κ1) is 16.1.